The van der Waals surface area contributed by atoms with Crippen molar-refractivity contribution < 1.29 is 4.39 Å². The molecule has 0 bridgehead atoms. The molecule has 1 aromatic carbocycles. The van der Waals surface area contributed by atoms with E-state index in [4.69, 9.17) is 5.73 Å². The minimum atomic E-state index is -0.272. The predicted molar refractivity (Wildman–Crippen MR) is 77.4 cm³/mol. The Balaban J connectivity index is 2.13. The minimum Gasteiger partial charge on any atom is -0.397 e. The summed E-state index contributed by atoms with van der Waals surface area (Å²) in [4.78, 5) is 4.39. The van der Waals surface area contributed by atoms with E-state index < -0.39 is 0 Å². The van der Waals surface area contributed by atoms with Gasteiger partial charge >= 0.3 is 0 Å². The lowest BCUT2D eigenvalue weighted by Gasteiger charge is -2.28. The molecule has 1 unspecified atom stereocenters. The number of nitrogens with two attached hydrogens (primary N) is 1. The normalized spacial score (nSPS) is 20.3. The molecule has 0 saturated carbocycles. The number of likely N-dealkylation sites (tertiary alicyclic amines) is 1. The van der Waals surface area contributed by atoms with E-state index in [1.807, 2.05) is 11.9 Å². The van der Waals surface area contributed by atoms with Gasteiger partial charge in [0, 0.05) is 25.7 Å². The highest BCUT2D eigenvalue weighted by Gasteiger charge is 2.23. The zero-order chi connectivity index (χ0) is 13.3. The standard InChI is InChI=1S/C13H19BrFN3/c1-17-5-3-4-9(17)8-18(2)13-7-11(15)10(14)6-12(13)16/h6-7,9H,3-5,8,16H2,1-2H3. The van der Waals surface area contributed by atoms with Crippen molar-refractivity contribution in [2.24, 2.45) is 0 Å². The maximum absolute atomic E-state index is 13.6. The van der Waals surface area contributed by atoms with Gasteiger partial charge in [-0.2, -0.15) is 0 Å². The predicted octanol–water partition coefficient (Wildman–Crippen LogP) is 2.70. The van der Waals surface area contributed by atoms with Gasteiger partial charge in [0.1, 0.15) is 5.82 Å². The van der Waals surface area contributed by atoms with Crippen molar-refractivity contribution in [1.29, 1.82) is 0 Å². The molecule has 1 aliphatic heterocycles. The summed E-state index contributed by atoms with van der Waals surface area (Å²) in [5.74, 6) is -0.272. The average Bonchev–Trinajstić information content (AvgIpc) is 2.69. The number of nitrogens with zero attached hydrogens (tertiary/aromatic N) is 2. The van der Waals surface area contributed by atoms with Crippen LogP contribution in [0.25, 0.3) is 0 Å². The zero-order valence-corrected chi connectivity index (χ0v) is 12.4. The Morgan fingerprint density at radius 3 is 2.89 bits per heavy atom. The van der Waals surface area contributed by atoms with Crippen molar-refractivity contribution >= 4 is 27.3 Å². The summed E-state index contributed by atoms with van der Waals surface area (Å²) in [5.41, 5.74) is 7.31. The van der Waals surface area contributed by atoms with Crippen LogP contribution in [0, 0.1) is 5.82 Å². The quantitative estimate of drug-likeness (QED) is 0.870. The van der Waals surface area contributed by atoms with Gasteiger partial charge in [-0.25, -0.2) is 4.39 Å². The lowest BCUT2D eigenvalue weighted by atomic mass is 10.2. The molecule has 5 heteroatoms. The van der Waals surface area contributed by atoms with Crippen LogP contribution in [-0.2, 0) is 0 Å². The van der Waals surface area contributed by atoms with E-state index in [0.29, 0.717) is 16.2 Å². The molecule has 0 aromatic heterocycles. The van der Waals surface area contributed by atoms with Crippen molar-refractivity contribution in [3.63, 3.8) is 0 Å². The van der Waals surface area contributed by atoms with E-state index in [0.717, 1.165) is 18.8 Å². The van der Waals surface area contributed by atoms with Gasteiger partial charge < -0.3 is 15.5 Å². The first-order valence-electron chi connectivity index (χ1n) is 6.15. The summed E-state index contributed by atoms with van der Waals surface area (Å²) in [6.45, 7) is 2.02. The average molecular weight is 316 g/mol. The molecule has 3 nitrogen and oxygen atoms in total. The van der Waals surface area contributed by atoms with E-state index in [1.165, 1.54) is 18.9 Å². The van der Waals surface area contributed by atoms with Gasteiger partial charge in [0.15, 0.2) is 0 Å². The second kappa shape index (κ2) is 5.45. The van der Waals surface area contributed by atoms with E-state index in [2.05, 4.69) is 27.9 Å². The minimum absolute atomic E-state index is 0.272. The molecule has 1 atom stereocenters. The van der Waals surface area contributed by atoms with E-state index in [9.17, 15) is 4.39 Å². The van der Waals surface area contributed by atoms with Gasteiger partial charge in [-0.15, -0.1) is 0 Å². The number of likely N-dealkylation sites (N-methyl/N-ethyl adjacent to an activating group) is 2. The molecule has 100 valence electrons. The Labute approximate surface area is 116 Å². The first kappa shape index (κ1) is 13.6. The van der Waals surface area contributed by atoms with Gasteiger partial charge in [-0.3, -0.25) is 0 Å². The smallest absolute Gasteiger partial charge is 0.139 e. The van der Waals surface area contributed by atoms with Crippen molar-refractivity contribution in [3.05, 3.63) is 22.4 Å². The lowest BCUT2D eigenvalue weighted by Crippen LogP contribution is -2.36. The van der Waals surface area contributed by atoms with Gasteiger partial charge in [0.05, 0.1) is 15.8 Å². The summed E-state index contributed by atoms with van der Waals surface area (Å²) in [6, 6.07) is 3.65. The van der Waals surface area contributed by atoms with Crippen LogP contribution in [0.3, 0.4) is 0 Å². The highest BCUT2D eigenvalue weighted by molar-refractivity contribution is 9.10. The van der Waals surface area contributed by atoms with Gasteiger partial charge in [-0.05, 0) is 48.4 Å². The molecule has 0 radical (unpaired) electrons. The third-order valence-electron chi connectivity index (χ3n) is 3.64. The molecular weight excluding hydrogens is 297 g/mol. The Bertz CT molecular complexity index is 438. The monoisotopic (exact) mass is 315 g/mol. The van der Waals surface area contributed by atoms with Crippen LogP contribution in [0.15, 0.2) is 16.6 Å². The molecule has 1 heterocycles. The van der Waals surface area contributed by atoms with Crippen LogP contribution in [-0.4, -0.2) is 38.1 Å². The summed E-state index contributed by atoms with van der Waals surface area (Å²) < 4.78 is 14.0. The maximum atomic E-state index is 13.6. The van der Waals surface area contributed by atoms with Crippen molar-refractivity contribution in [3.8, 4) is 0 Å². The molecule has 18 heavy (non-hydrogen) atoms. The fourth-order valence-electron chi connectivity index (χ4n) is 2.51. The van der Waals surface area contributed by atoms with Gasteiger partial charge in [0.2, 0.25) is 0 Å². The highest BCUT2D eigenvalue weighted by atomic mass is 79.9. The number of benzene rings is 1. The number of nitrogen functional groups attached to an aromatic ring is 1. The van der Waals surface area contributed by atoms with Crippen LogP contribution in [0.2, 0.25) is 0 Å². The van der Waals surface area contributed by atoms with Crippen molar-refractivity contribution in [1.82, 2.24) is 4.90 Å². The third-order valence-corrected chi connectivity index (χ3v) is 4.24. The largest absolute Gasteiger partial charge is 0.397 e. The molecule has 0 spiro atoms. The molecule has 1 fully saturated rings. The fourth-order valence-corrected chi connectivity index (χ4v) is 2.87. The van der Waals surface area contributed by atoms with Crippen molar-refractivity contribution in [2.45, 2.75) is 18.9 Å². The Morgan fingerprint density at radius 1 is 1.56 bits per heavy atom. The molecule has 1 aliphatic rings. The van der Waals surface area contributed by atoms with E-state index >= 15 is 0 Å². The number of hydrogen-bond acceptors (Lipinski definition) is 3. The highest BCUT2D eigenvalue weighted by Crippen LogP contribution is 2.29. The molecule has 2 rings (SSSR count). The summed E-state index contributed by atoms with van der Waals surface area (Å²) in [6.07, 6.45) is 2.43. The molecule has 2 N–H and O–H groups in total. The van der Waals surface area contributed by atoms with Crippen LogP contribution in [0.4, 0.5) is 15.8 Å². The topological polar surface area (TPSA) is 32.5 Å². The maximum Gasteiger partial charge on any atom is 0.139 e. The van der Waals surface area contributed by atoms with Gasteiger partial charge in [0.25, 0.3) is 0 Å². The Kier molecular flexibility index (Phi) is 4.12. The molecular formula is C13H19BrFN3. The third kappa shape index (κ3) is 2.78. The first-order chi connectivity index (χ1) is 8.49. The van der Waals surface area contributed by atoms with E-state index in [1.54, 1.807) is 6.07 Å². The number of halogens is 2. The fraction of sp³-hybridized carbons (Fsp3) is 0.538. The SMILES string of the molecule is CN(CC1CCCN1C)c1cc(F)c(Br)cc1N. The van der Waals surface area contributed by atoms with Crippen LogP contribution in [0.5, 0.6) is 0 Å². The zero-order valence-electron chi connectivity index (χ0n) is 10.8. The number of hydrogen-bond donors (Lipinski definition) is 1. The Hall–Kier alpha value is -0.810. The lowest BCUT2D eigenvalue weighted by molar-refractivity contribution is 0.314. The molecule has 0 aliphatic carbocycles. The number of anilines is 2. The summed E-state index contributed by atoms with van der Waals surface area (Å²) in [7, 11) is 4.10. The Morgan fingerprint density at radius 2 is 2.28 bits per heavy atom. The van der Waals surface area contributed by atoms with Gasteiger partial charge in [-0.1, -0.05) is 0 Å². The molecule has 0 amide bonds. The van der Waals surface area contributed by atoms with E-state index in [-0.39, 0.29) is 5.82 Å². The second-order valence-corrected chi connectivity index (χ2v) is 5.84. The van der Waals surface area contributed by atoms with Crippen molar-refractivity contribution in [2.75, 3.05) is 37.8 Å². The molecule has 1 saturated heterocycles. The number of rotatable bonds is 3. The summed E-state index contributed by atoms with van der Waals surface area (Å²) >= 11 is 3.15. The second-order valence-electron chi connectivity index (χ2n) is 4.98. The van der Waals surface area contributed by atoms with Crippen LogP contribution >= 0.6 is 15.9 Å². The molecule has 1 aromatic rings. The van der Waals surface area contributed by atoms with Crippen LogP contribution in [0.1, 0.15) is 12.8 Å². The summed E-state index contributed by atoms with van der Waals surface area (Å²) in [5, 5.41) is 0. The van der Waals surface area contributed by atoms with Crippen LogP contribution < -0.4 is 10.6 Å². The first-order valence-corrected chi connectivity index (χ1v) is 6.94.